The molecule has 190 valence electrons. The van der Waals surface area contributed by atoms with Gasteiger partial charge in [-0.1, -0.05) is 18.3 Å². The fraction of sp³-hybridized carbons (Fsp3) is 0.769. The summed E-state index contributed by atoms with van der Waals surface area (Å²) in [6, 6.07) is 0. The summed E-state index contributed by atoms with van der Waals surface area (Å²) < 4.78 is 221. The Morgan fingerprint density at radius 1 is 0.594 bits per heavy atom. The van der Waals surface area contributed by atoms with Gasteiger partial charge in [-0.05, 0) is 6.08 Å². The zero-order chi connectivity index (χ0) is 26.4. The van der Waals surface area contributed by atoms with Gasteiger partial charge in [-0.15, -0.1) is 0 Å². The summed E-state index contributed by atoms with van der Waals surface area (Å²) >= 11 is -0.342. The summed E-state index contributed by atoms with van der Waals surface area (Å²) in [5.74, 6) is -58.0. The van der Waals surface area contributed by atoms with E-state index in [1.807, 2.05) is 0 Å². The van der Waals surface area contributed by atoms with E-state index in [0.717, 1.165) is 0 Å². The second-order valence-corrected chi connectivity index (χ2v) is 6.87. The van der Waals surface area contributed by atoms with Gasteiger partial charge in [0.15, 0.2) is 0 Å². The maximum absolute atomic E-state index is 13.4. The molecule has 0 unspecified atom stereocenters. The summed E-state index contributed by atoms with van der Waals surface area (Å²) in [6.45, 7) is 2.76. The van der Waals surface area contributed by atoms with Crippen molar-refractivity contribution in [3.8, 4) is 0 Å². The smallest absolute Gasteiger partial charge is 0.282 e. The van der Waals surface area contributed by atoms with Crippen LogP contribution in [0, 0.1) is 0 Å². The first-order valence-electron chi connectivity index (χ1n) is 7.21. The molecular formula is C13H7F17OS. The van der Waals surface area contributed by atoms with E-state index in [1.165, 1.54) is 0 Å². The van der Waals surface area contributed by atoms with Crippen LogP contribution < -0.4 is 0 Å². The fourth-order valence-electron chi connectivity index (χ4n) is 1.69. The van der Waals surface area contributed by atoms with Gasteiger partial charge in [0.05, 0.1) is 0 Å². The van der Waals surface area contributed by atoms with Crippen molar-refractivity contribution in [3.05, 3.63) is 12.7 Å². The molecule has 0 bridgehead atoms. The van der Waals surface area contributed by atoms with Crippen molar-refractivity contribution < 1.29 is 79.4 Å². The van der Waals surface area contributed by atoms with Crippen LogP contribution in [-0.4, -0.2) is 58.5 Å². The second-order valence-electron chi connectivity index (χ2n) is 5.77. The van der Waals surface area contributed by atoms with Gasteiger partial charge in [0, 0.05) is 12.2 Å². The molecule has 0 atom stereocenters. The Kier molecular flexibility index (Phi) is 8.03. The van der Waals surface area contributed by atoms with Gasteiger partial charge in [0.1, 0.15) is 0 Å². The minimum absolute atomic E-state index is 0.342. The minimum Gasteiger partial charge on any atom is -0.282 e. The minimum atomic E-state index is -8.64. The standard InChI is InChI=1S/C13H7F17OS/c1-2-5(31)32-4-3-6(14,15)7(16,17)8(18,19)9(20,21)10(22,23)11(24,25)12(26,27)13(28,29)30/h2H,1,3-4H2. The third kappa shape index (κ3) is 4.36. The molecule has 0 aliphatic rings. The zero-order valence-corrected chi connectivity index (χ0v) is 15.3. The maximum Gasteiger partial charge on any atom is 0.460 e. The molecule has 0 spiro atoms. The van der Waals surface area contributed by atoms with Gasteiger partial charge in [-0.25, -0.2) is 0 Å². The lowest BCUT2D eigenvalue weighted by Gasteiger charge is -2.42. The largest absolute Gasteiger partial charge is 0.460 e. The molecule has 0 aliphatic carbocycles. The predicted octanol–water partition coefficient (Wildman–Crippen LogP) is 6.83. The van der Waals surface area contributed by atoms with E-state index < -0.39 is 64.9 Å². The topological polar surface area (TPSA) is 17.1 Å². The van der Waals surface area contributed by atoms with E-state index >= 15 is 0 Å². The molecule has 0 amide bonds. The summed E-state index contributed by atoms with van der Waals surface area (Å²) in [6.07, 6.45) is -10.1. The molecule has 0 rings (SSSR count). The van der Waals surface area contributed by atoms with E-state index in [0.29, 0.717) is 6.08 Å². The molecule has 0 fully saturated rings. The first kappa shape index (κ1) is 30.6. The number of carbonyl (C=O) groups is 1. The highest BCUT2D eigenvalue weighted by Crippen LogP contribution is 2.64. The lowest BCUT2D eigenvalue weighted by atomic mass is 9.88. The number of rotatable bonds is 10. The van der Waals surface area contributed by atoms with Crippen LogP contribution in [0.15, 0.2) is 12.7 Å². The maximum atomic E-state index is 13.4. The summed E-state index contributed by atoms with van der Waals surface area (Å²) in [7, 11) is 0. The molecule has 0 aromatic heterocycles. The highest BCUT2D eigenvalue weighted by molar-refractivity contribution is 8.14. The molecule has 0 saturated carbocycles. The van der Waals surface area contributed by atoms with E-state index in [-0.39, 0.29) is 11.8 Å². The molecule has 0 N–H and O–H groups in total. The molecule has 0 aliphatic heterocycles. The van der Waals surface area contributed by atoms with Crippen molar-refractivity contribution in [2.45, 2.75) is 54.1 Å². The highest BCUT2D eigenvalue weighted by atomic mass is 32.2. The Morgan fingerprint density at radius 2 is 0.906 bits per heavy atom. The van der Waals surface area contributed by atoms with E-state index in [2.05, 4.69) is 6.58 Å². The molecular weight excluding hydrogens is 527 g/mol. The highest BCUT2D eigenvalue weighted by Gasteiger charge is 2.95. The number of halogens is 17. The van der Waals surface area contributed by atoms with Crippen molar-refractivity contribution in [2.24, 2.45) is 0 Å². The molecule has 0 aromatic rings. The lowest BCUT2D eigenvalue weighted by Crippen LogP contribution is -2.74. The molecule has 0 heterocycles. The number of carbonyl (C=O) groups excluding carboxylic acids is 1. The summed E-state index contributed by atoms with van der Waals surface area (Å²) in [5, 5.41) is -1.25. The Balaban J connectivity index is 6.41. The first-order chi connectivity index (χ1) is 13.7. The van der Waals surface area contributed by atoms with Crippen LogP contribution in [0.1, 0.15) is 6.42 Å². The van der Waals surface area contributed by atoms with Crippen LogP contribution in [0.4, 0.5) is 74.6 Å². The van der Waals surface area contributed by atoms with Gasteiger partial charge < -0.3 is 0 Å². The van der Waals surface area contributed by atoms with Crippen molar-refractivity contribution in [1.29, 1.82) is 0 Å². The van der Waals surface area contributed by atoms with Gasteiger partial charge in [-0.3, -0.25) is 4.79 Å². The van der Waals surface area contributed by atoms with Crippen molar-refractivity contribution >= 4 is 16.9 Å². The van der Waals surface area contributed by atoms with E-state index in [1.54, 1.807) is 0 Å². The molecule has 0 radical (unpaired) electrons. The van der Waals surface area contributed by atoms with E-state index in [4.69, 9.17) is 0 Å². The van der Waals surface area contributed by atoms with Crippen LogP contribution in [0.25, 0.3) is 0 Å². The summed E-state index contributed by atoms with van der Waals surface area (Å²) in [4.78, 5) is 10.7. The number of hydrogen-bond donors (Lipinski definition) is 0. The Bertz CT molecular complexity index is 708. The van der Waals surface area contributed by atoms with Crippen LogP contribution in [0.2, 0.25) is 0 Å². The average molecular weight is 534 g/mol. The molecule has 32 heavy (non-hydrogen) atoms. The van der Waals surface area contributed by atoms with Crippen LogP contribution >= 0.6 is 11.8 Å². The Hall–Kier alpha value is -1.43. The third-order valence-corrected chi connectivity index (χ3v) is 4.47. The zero-order valence-electron chi connectivity index (χ0n) is 14.4. The van der Waals surface area contributed by atoms with Crippen molar-refractivity contribution in [1.82, 2.24) is 0 Å². The SMILES string of the molecule is C=CC(=O)SCCC(F)(F)C(F)(F)C(F)(F)C(F)(F)C(F)(F)C(F)(F)C(F)(F)C(F)(F)F. The Labute approximate surface area is 170 Å². The number of thioether (sulfide) groups is 1. The first-order valence-corrected chi connectivity index (χ1v) is 8.20. The fourth-order valence-corrected chi connectivity index (χ4v) is 2.37. The Morgan fingerprint density at radius 3 is 1.22 bits per heavy atom. The monoisotopic (exact) mass is 534 g/mol. The predicted molar refractivity (Wildman–Crippen MR) is 73.0 cm³/mol. The van der Waals surface area contributed by atoms with Crippen molar-refractivity contribution in [3.63, 3.8) is 0 Å². The van der Waals surface area contributed by atoms with E-state index in [9.17, 15) is 79.4 Å². The lowest BCUT2D eigenvalue weighted by molar-refractivity contribution is -0.461. The second kappa shape index (κ2) is 8.41. The third-order valence-electron chi connectivity index (χ3n) is 3.61. The molecule has 0 saturated heterocycles. The molecule has 19 heteroatoms. The summed E-state index contributed by atoms with van der Waals surface area (Å²) in [5.41, 5.74) is 0. The number of hydrogen-bond acceptors (Lipinski definition) is 2. The quantitative estimate of drug-likeness (QED) is 0.226. The van der Waals surface area contributed by atoms with Crippen LogP contribution in [-0.2, 0) is 4.79 Å². The number of alkyl halides is 17. The molecule has 0 aromatic carbocycles. The van der Waals surface area contributed by atoms with Gasteiger partial charge in [0.25, 0.3) is 0 Å². The van der Waals surface area contributed by atoms with Gasteiger partial charge >= 0.3 is 47.6 Å². The van der Waals surface area contributed by atoms with Crippen LogP contribution in [0.3, 0.4) is 0 Å². The van der Waals surface area contributed by atoms with Crippen molar-refractivity contribution in [2.75, 3.05) is 5.75 Å². The molecule has 1 nitrogen and oxygen atoms in total. The average Bonchev–Trinajstić information content (AvgIpc) is 2.59. The van der Waals surface area contributed by atoms with Crippen LogP contribution in [0.5, 0.6) is 0 Å². The van der Waals surface area contributed by atoms with Gasteiger partial charge in [-0.2, -0.15) is 74.6 Å². The normalized spacial score (nSPS) is 15.7. The van der Waals surface area contributed by atoms with Gasteiger partial charge in [0.2, 0.25) is 5.12 Å².